The lowest BCUT2D eigenvalue weighted by atomic mass is 9.92. The Morgan fingerprint density at radius 3 is 3.22 bits per heavy atom. The number of rotatable bonds is 5. The minimum atomic E-state index is 0.174. The summed E-state index contributed by atoms with van der Waals surface area (Å²) < 4.78 is 1.78. The van der Waals surface area contributed by atoms with E-state index in [4.69, 9.17) is 0 Å². The Morgan fingerprint density at radius 1 is 1.61 bits per heavy atom. The predicted molar refractivity (Wildman–Crippen MR) is 67.8 cm³/mol. The number of hydrogen-bond donors (Lipinski definition) is 2. The Balaban J connectivity index is 1.62. The van der Waals surface area contributed by atoms with Gasteiger partial charge < -0.3 is 10.6 Å². The number of nitrogens with zero attached hydrogens (tertiary/aromatic N) is 3. The summed E-state index contributed by atoms with van der Waals surface area (Å²) in [6.45, 7) is 4.57. The van der Waals surface area contributed by atoms with Crippen molar-refractivity contribution < 1.29 is 4.79 Å². The fourth-order valence-corrected chi connectivity index (χ4v) is 2.32. The highest BCUT2D eigenvalue weighted by atomic mass is 16.1. The van der Waals surface area contributed by atoms with Crippen LogP contribution in [0.5, 0.6) is 0 Å². The molecule has 1 aliphatic rings. The van der Waals surface area contributed by atoms with E-state index in [-0.39, 0.29) is 11.8 Å². The number of piperidine rings is 1. The smallest absolute Gasteiger partial charge is 0.223 e. The summed E-state index contributed by atoms with van der Waals surface area (Å²) >= 11 is 0. The molecule has 2 unspecified atom stereocenters. The second kappa shape index (κ2) is 6.49. The van der Waals surface area contributed by atoms with E-state index >= 15 is 0 Å². The average molecular weight is 251 g/mol. The van der Waals surface area contributed by atoms with Crippen molar-refractivity contribution in [1.82, 2.24) is 25.6 Å². The summed E-state index contributed by atoms with van der Waals surface area (Å²) in [6, 6.07) is 0.449. The summed E-state index contributed by atoms with van der Waals surface area (Å²) in [7, 11) is 0. The first-order valence-corrected chi connectivity index (χ1v) is 6.61. The summed E-state index contributed by atoms with van der Waals surface area (Å²) in [6.07, 6.45) is 6.26. The van der Waals surface area contributed by atoms with Gasteiger partial charge in [0.05, 0.1) is 6.20 Å². The minimum Gasteiger partial charge on any atom is -0.356 e. The zero-order valence-corrected chi connectivity index (χ0v) is 10.8. The van der Waals surface area contributed by atoms with Gasteiger partial charge in [-0.25, -0.2) is 0 Å². The Kier molecular flexibility index (Phi) is 4.69. The normalized spacial score (nSPS) is 23.8. The van der Waals surface area contributed by atoms with Crippen LogP contribution in [-0.4, -0.2) is 40.0 Å². The number of hydrogen-bond acceptors (Lipinski definition) is 4. The molecule has 6 nitrogen and oxygen atoms in total. The molecule has 1 aromatic heterocycles. The average Bonchev–Trinajstić information content (AvgIpc) is 2.87. The minimum absolute atomic E-state index is 0.174. The molecule has 1 aliphatic heterocycles. The summed E-state index contributed by atoms with van der Waals surface area (Å²) in [4.78, 5) is 11.9. The van der Waals surface area contributed by atoms with Gasteiger partial charge >= 0.3 is 0 Å². The van der Waals surface area contributed by atoms with Crippen molar-refractivity contribution in [3.05, 3.63) is 12.4 Å². The van der Waals surface area contributed by atoms with E-state index in [0.717, 1.165) is 32.4 Å². The topological polar surface area (TPSA) is 71.8 Å². The molecule has 6 heteroatoms. The van der Waals surface area contributed by atoms with Crippen LogP contribution >= 0.6 is 0 Å². The first-order chi connectivity index (χ1) is 8.75. The molecule has 1 saturated heterocycles. The quantitative estimate of drug-likeness (QED) is 0.732. The van der Waals surface area contributed by atoms with Crippen molar-refractivity contribution in [2.45, 2.75) is 38.8 Å². The SMILES string of the molecule is CC1CC(C(=O)NCCCn2ccnn2)CCN1. The molecule has 2 N–H and O–H groups in total. The van der Waals surface area contributed by atoms with Crippen molar-refractivity contribution in [1.29, 1.82) is 0 Å². The number of amides is 1. The molecule has 2 atom stereocenters. The van der Waals surface area contributed by atoms with Crippen molar-refractivity contribution in [2.75, 3.05) is 13.1 Å². The zero-order valence-electron chi connectivity index (χ0n) is 10.8. The first kappa shape index (κ1) is 13.0. The van der Waals surface area contributed by atoms with Crippen LogP contribution < -0.4 is 10.6 Å². The van der Waals surface area contributed by atoms with Gasteiger partial charge in [-0.2, -0.15) is 0 Å². The highest BCUT2D eigenvalue weighted by Crippen LogP contribution is 2.15. The molecule has 2 rings (SSSR count). The molecule has 1 aromatic rings. The highest BCUT2D eigenvalue weighted by molar-refractivity contribution is 5.78. The molecule has 2 heterocycles. The highest BCUT2D eigenvalue weighted by Gasteiger charge is 2.24. The molecule has 1 amide bonds. The van der Waals surface area contributed by atoms with Gasteiger partial charge in [0.2, 0.25) is 5.91 Å². The number of carbonyl (C=O) groups excluding carboxylic acids is 1. The third-order valence-corrected chi connectivity index (χ3v) is 3.33. The lowest BCUT2D eigenvalue weighted by Gasteiger charge is -2.27. The van der Waals surface area contributed by atoms with Gasteiger partial charge in [-0.3, -0.25) is 9.48 Å². The van der Waals surface area contributed by atoms with Gasteiger partial charge in [-0.1, -0.05) is 5.21 Å². The standard InChI is InChI=1S/C12H21N5O/c1-10-9-11(3-5-13-10)12(18)14-4-2-7-17-8-6-15-16-17/h6,8,10-11,13H,2-5,7,9H2,1H3,(H,14,18). The Morgan fingerprint density at radius 2 is 2.50 bits per heavy atom. The second-order valence-corrected chi connectivity index (χ2v) is 4.89. The third kappa shape index (κ3) is 3.80. The molecule has 0 aromatic carbocycles. The monoisotopic (exact) mass is 251 g/mol. The second-order valence-electron chi connectivity index (χ2n) is 4.89. The van der Waals surface area contributed by atoms with Crippen molar-refractivity contribution in [3.63, 3.8) is 0 Å². The maximum Gasteiger partial charge on any atom is 0.223 e. The molecule has 100 valence electrons. The van der Waals surface area contributed by atoms with Crippen molar-refractivity contribution in [2.24, 2.45) is 5.92 Å². The molecule has 18 heavy (non-hydrogen) atoms. The maximum atomic E-state index is 11.9. The molecule has 0 radical (unpaired) electrons. The zero-order chi connectivity index (χ0) is 12.8. The number of aromatic nitrogens is 3. The van der Waals surface area contributed by atoms with Crippen LogP contribution in [0.3, 0.4) is 0 Å². The molecule has 0 aliphatic carbocycles. The number of carbonyl (C=O) groups is 1. The van der Waals surface area contributed by atoms with Crippen LogP contribution in [0.2, 0.25) is 0 Å². The summed E-state index contributed by atoms with van der Waals surface area (Å²) in [5.41, 5.74) is 0. The fourth-order valence-electron chi connectivity index (χ4n) is 2.32. The largest absolute Gasteiger partial charge is 0.356 e. The van der Waals surface area contributed by atoms with Gasteiger partial charge in [-0.15, -0.1) is 5.10 Å². The van der Waals surface area contributed by atoms with Crippen molar-refractivity contribution >= 4 is 5.91 Å². The number of nitrogens with one attached hydrogen (secondary N) is 2. The molecular weight excluding hydrogens is 230 g/mol. The molecule has 1 fully saturated rings. The Labute approximate surface area is 107 Å². The van der Waals surface area contributed by atoms with Crippen LogP contribution in [0.15, 0.2) is 12.4 Å². The molecular formula is C12H21N5O. The lowest BCUT2D eigenvalue weighted by Crippen LogP contribution is -2.42. The molecule has 0 bridgehead atoms. The van der Waals surface area contributed by atoms with Gasteiger partial charge in [0.15, 0.2) is 0 Å². The molecule has 0 spiro atoms. The van der Waals surface area contributed by atoms with Gasteiger partial charge in [0.1, 0.15) is 0 Å². The van der Waals surface area contributed by atoms with Crippen LogP contribution in [0, 0.1) is 5.92 Å². The van der Waals surface area contributed by atoms with Crippen LogP contribution in [0.1, 0.15) is 26.2 Å². The van der Waals surface area contributed by atoms with Gasteiger partial charge in [0.25, 0.3) is 0 Å². The van der Waals surface area contributed by atoms with E-state index in [1.807, 2.05) is 6.20 Å². The number of aryl methyl sites for hydroxylation is 1. The van der Waals surface area contributed by atoms with Gasteiger partial charge in [-0.05, 0) is 32.7 Å². The van der Waals surface area contributed by atoms with Crippen LogP contribution in [0.25, 0.3) is 0 Å². The predicted octanol–water partition coefficient (Wildman–Crippen LogP) is 0.172. The lowest BCUT2D eigenvalue weighted by molar-refractivity contribution is -0.126. The Hall–Kier alpha value is -1.43. The summed E-state index contributed by atoms with van der Waals surface area (Å²) in [5, 5.41) is 14.0. The van der Waals surface area contributed by atoms with Crippen molar-refractivity contribution in [3.8, 4) is 0 Å². The van der Waals surface area contributed by atoms with E-state index in [0.29, 0.717) is 12.6 Å². The third-order valence-electron chi connectivity index (χ3n) is 3.33. The van der Waals surface area contributed by atoms with E-state index in [9.17, 15) is 4.79 Å². The van der Waals surface area contributed by atoms with Crippen LogP contribution in [0.4, 0.5) is 0 Å². The first-order valence-electron chi connectivity index (χ1n) is 6.61. The van der Waals surface area contributed by atoms with E-state index in [1.54, 1.807) is 10.9 Å². The molecule has 0 saturated carbocycles. The maximum absolute atomic E-state index is 11.9. The van der Waals surface area contributed by atoms with E-state index < -0.39 is 0 Å². The van der Waals surface area contributed by atoms with Gasteiger partial charge in [0, 0.05) is 31.2 Å². The van der Waals surface area contributed by atoms with E-state index in [2.05, 4.69) is 27.9 Å². The Bertz CT molecular complexity index is 365. The van der Waals surface area contributed by atoms with Crippen LogP contribution in [-0.2, 0) is 11.3 Å². The van der Waals surface area contributed by atoms with E-state index in [1.165, 1.54) is 0 Å². The summed E-state index contributed by atoms with van der Waals surface area (Å²) in [5.74, 6) is 0.370. The fraction of sp³-hybridized carbons (Fsp3) is 0.750.